The molecule has 0 aliphatic rings. The molecule has 0 saturated carbocycles. The molecule has 0 unspecified atom stereocenters. The highest BCUT2D eigenvalue weighted by atomic mass is 19.4. The monoisotopic (exact) mass is 218 g/mol. The summed E-state index contributed by atoms with van der Waals surface area (Å²) in [6.07, 6.45) is -1.56. The van der Waals surface area contributed by atoms with Crippen LogP contribution >= 0.6 is 0 Å². The minimum absolute atomic E-state index is 0.829. The number of rotatable bonds is 3. The SMILES string of the molecule is CN(C)/C=C/C=C(/C#N)C(=O)C(F)(F)F. The predicted octanol–water partition coefficient (Wildman–Crippen LogP) is 1.64. The van der Waals surface area contributed by atoms with Crippen molar-refractivity contribution in [3.8, 4) is 6.07 Å². The molecule has 0 rings (SSSR count). The second-order valence-electron chi connectivity index (χ2n) is 2.82. The summed E-state index contributed by atoms with van der Waals surface area (Å²) in [7, 11) is 3.31. The maximum absolute atomic E-state index is 11.9. The second-order valence-corrected chi connectivity index (χ2v) is 2.82. The molecule has 6 heteroatoms. The first-order valence-electron chi connectivity index (χ1n) is 3.85. The molecule has 0 bridgehead atoms. The van der Waals surface area contributed by atoms with E-state index in [0.717, 1.165) is 6.08 Å². The molecular formula is C9H9F3N2O. The average molecular weight is 218 g/mol. The van der Waals surface area contributed by atoms with Crippen LogP contribution in [0.2, 0.25) is 0 Å². The van der Waals surface area contributed by atoms with Gasteiger partial charge >= 0.3 is 6.18 Å². The van der Waals surface area contributed by atoms with Crippen LogP contribution in [0.3, 0.4) is 0 Å². The summed E-state index contributed by atoms with van der Waals surface area (Å²) in [4.78, 5) is 12.2. The molecule has 0 saturated heterocycles. The number of halogens is 3. The quantitative estimate of drug-likeness (QED) is 0.411. The number of hydrogen-bond donors (Lipinski definition) is 0. The lowest BCUT2D eigenvalue weighted by Gasteiger charge is -2.03. The van der Waals surface area contributed by atoms with Crippen LogP contribution in [-0.2, 0) is 4.79 Å². The number of hydrogen-bond acceptors (Lipinski definition) is 3. The van der Waals surface area contributed by atoms with Crippen molar-refractivity contribution >= 4 is 5.78 Å². The lowest BCUT2D eigenvalue weighted by atomic mass is 10.1. The van der Waals surface area contributed by atoms with E-state index in [2.05, 4.69) is 0 Å². The molecule has 0 radical (unpaired) electrons. The number of alkyl halides is 3. The molecule has 0 heterocycles. The third-order valence-corrected chi connectivity index (χ3v) is 1.27. The lowest BCUT2D eigenvalue weighted by Crippen LogP contribution is -2.23. The third kappa shape index (κ3) is 4.86. The van der Waals surface area contributed by atoms with E-state index >= 15 is 0 Å². The predicted molar refractivity (Wildman–Crippen MR) is 47.6 cm³/mol. The highest BCUT2D eigenvalue weighted by Crippen LogP contribution is 2.20. The first-order chi connectivity index (χ1) is 6.79. The van der Waals surface area contributed by atoms with Crippen molar-refractivity contribution in [2.45, 2.75) is 6.18 Å². The van der Waals surface area contributed by atoms with Crippen molar-refractivity contribution in [2.24, 2.45) is 0 Å². The summed E-state index contributed by atoms with van der Waals surface area (Å²) in [5, 5.41) is 8.34. The summed E-state index contributed by atoms with van der Waals surface area (Å²) >= 11 is 0. The van der Waals surface area contributed by atoms with Gasteiger partial charge in [0, 0.05) is 14.1 Å². The Labute approximate surface area is 85.1 Å². The van der Waals surface area contributed by atoms with Gasteiger partial charge in [-0.3, -0.25) is 4.79 Å². The first-order valence-corrected chi connectivity index (χ1v) is 3.85. The van der Waals surface area contributed by atoms with E-state index in [1.54, 1.807) is 19.0 Å². The van der Waals surface area contributed by atoms with Gasteiger partial charge < -0.3 is 4.90 Å². The van der Waals surface area contributed by atoms with Gasteiger partial charge in [-0.15, -0.1) is 0 Å². The fourth-order valence-electron chi connectivity index (χ4n) is 0.628. The fraction of sp³-hybridized carbons (Fsp3) is 0.333. The van der Waals surface area contributed by atoms with E-state index in [-0.39, 0.29) is 0 Å². The van der Waals surface area contributed by atoms with E-state index in [4.69, 9.17) is 5.26 Å². The lowest BCUT2D eigenvalue weighted by molar-refractivity contribution is -0.166. The molecule has 0 aliphatic heterocycles. The Morgan fingerprint density at radius 2 is 1.93 bits per heavy atom. The Hall–Kier alpha value is -1.77. The van der Waals surface area contributed by atoms with Gasteiger partial charge in [-0.1, -0.05) is 0 Å². The molecule has 0 spiro atoms. The minimum atomic E-state index is -5.01. The molecule has 0 aromatic heterocycles. The summed E-state index contributed by atoms with van der Waals surface area (Å²) in [5.41, 5.74) is -0.930. The molecule has 0 aliphatic carbocycles. The van der Waals surface area contributed by atoms with E-state index < -0.39 is 17.5 Å². The molecule has 0 aromatic rings. The van der Waals surface area contributed by atoms with Crippen molar-refractivity contribution in [1.82, 2.24) is 4.90 Å². The second kappa shape index (κ2) is 5.20. The molecule has 15 heavy (non-hydrogen) atoms. The Kier molecular flexibility index (Phi) is 4.58. The summed E-state index contributed by atoms with van der Waals surface area (Å²) in [6, 6.07) is 1.20. The van der Waals surface area contributed by atoms with Crippen molar-refractivity contribution in [1.29, 1.82) is 5.26 Å². The van der Waals surface area contributed by atoms with Crippen LogP contribution in [-0.4, -0.2) is 31.0 Å². The number of Topliss-reactive ketones (excluding diaryl/α,β-unsaturated/α-hetero) is 1. The van der Waals surface area contributed by atoms with Crippen LogP contribution < -0.4 is 0 Å². The van der Waals surface area contributed by atoms with Gasteiger partial charge in [-0.2, -0.15) is 18.4 Å². The maximum atomic E-state index is 11.9. The van der Waals surface area contributed by atoms with E-state index in [0.29, 0.717) is 0 Å². The summed E-state index contributed by atoms with van der Waals surface area (Å²) in [5.74, 6) is -2.13. The van der Waals surface area contributed by atoms with Crippen LogP contribution in [0.15, 0.2) is 23.9 Å². The van der Waals surface area contributed by atoms with Crippen molar-refractivity contribution in [3.05, 3.63) is 23.9 Å². The van der Waals surface area contributed by atoms with Crippen molar-refractivity contribution in [2.75, 3.05) is 14.1 Å². The van der Waals surface area contributed by atoms with Gasteiger partial charge in [0.2, 0.25) is 0 Å². The largest absolute Gasteiger partial charge is 0.455 e. The average Bonchev–Trinajstić information content (AvgIpc) is 2.09. The molecule has 3 nitrogen and oxygen atoms in total. The molecule has 0 amide bonds. The van der Waals surface area contributed by atoms with Crippen LogP contribution in [0.5, 0.6) is 0 Å². The Balaban J connectivity index is 4.81. The number of carbonyl (C=O) groups excluding carboxylic acids is 1. The van der Waals surface area contributed by atoms with Gasteiger partial charge in [0.25, 0.3) is 5.78 Å². The number of nitriles is 1. The number of allylic oxidation sites excluding steroid dienone is 3. The number of ketones is 1. The topological polar surface area (TPSA) is 44.1 Å². The van der Waals surface area contributed by atoms with Gasteiger partial charge in [-0.05, 0) is 18.4 Å². The third-order valence-electron chi connectivity index (χ3n) is 1.27. The maximum Gasteiger partial charge on any atom is 0.455 e. The highest BCUT2D eigenvalue weighted by molar-refractivity contribution is 6.03. The van der Waals surface area contributed by atoms with Gasteiger partial charge in [0.15, 0.2) is 0 Å². The summed E-state index contributed by atoms with van der Waals surface area (Å²) < 4.78 is 35.7. The Morgan fingerprint density at radius 3 is 2.27 bits per heavy atom. The number of nitrogens with zero attached hydrogens (tertiary/aromatic N) is 2. The molecule has 82 valence electrons. The van der Waals surface area contributed by atoms with Gasteiger partial charge in [0.1, 0.15) is 11.6 Å². The summed E-state index contributed by atoms with van der Waals surface area (Å²) in [6.45, 7) is 0. The van der Waals surface area contributed by atoms with Crippen molar-refractivity contribution in [3.63, 3.8) is 0 Å². The van der Waals surface area contributed by atoms with Gasteiger partial charge in [0.05, 0.1) is 0 Å². The minimum Gasteiger partial charge on any atom is -0.383 e. The van der Waals surface area contributed by atoms with Gasteiger partial charge in [-0.25, -0.2) is 0 Å². The normalized spacial score (nSPS) is 12.7. The zero-order chi connectivity index (χ0) is 12.1. The Morgan fingerprint density at radius 1 is 1.40 bits per heavy atom. The molecule has 0 N–H and O–H groups in total. The number of carbonyl (C=O) groups is 1. The molecule has 0 fully saturated rings. The van der Waals surface area contributed by atoms with E-state index in [9.17, 15) is 18.0 Å². The van der Waals surface area contributed by atoms with Crippen LogP contribution in [0.4, 0.5) is 13.2 Å². The van der Waals surface area contributed by atoms with E-state index in [1.807, 2.05) is 0 Å². The zero-order valence-corrected chi connectivity index (χ0v) is 8.17. The zero-order valence-electron chi connectivity index (χ0n) is 8.17. The first kappa shape index (κ1) is 13.2. The molecule has 0 atom stereocenters. The van der Waals surface area contributed by atoms with Crippen LogP contribution in [0.25, 0.3) is 0 Å². The standard InChI is InChI=1S/C9H9F3N2O/c1-14(2)5-3-4-7(6-13)8(15)9(10,11)12/h3-5H,1-2H3/b5-3+,7-4-. The molecular weight excluding hydrogens is 209 g/mol. The Bertz CT molecular complexity index is 334. The van der Waals surface area contributed by atoms with Crippen molar-refractivity contribution < 1.29 is 18.0 Å². The van der Waals surface area contributed by atoms with Crippen LogP contribution in [0, 0.1) is 11.3 Å². The van der Waals surface area contributed by atoms with Crippen LogP contribution in [0.1, 0.15) is 0 Å². The highest BCUT2D eigenvalue weighted by Gasteiger charge is 2.40. The molecule has 0 aromatic carbocycles. The van der Waals surface area contributed by atoms with E-state index in [1.165, 1.54) is 18.3 Å². The fourth-order valence-corrected chi connectivity index (χ4v) is 0.628. The smallest absolute Gasteiger partial charge is 0.383 e.